The van der Waals surface area contributed by atoms with Crippen molar-refractivity contribution in [1.82, 2.24) is 9.80 Å². The lowest BCUT2D eigenvalue weighted by atomic mass is 9.94. The first-order valence-corrected chi connectivity index (χ1v) is 11.6. The quantitative estimate of drug-likeness (QED) is 0.529. The summed E-state index contributed by atoms with van der Waals surface area (Å²) >= 11 is 1.71. The average Bonchev–Trinajstić information content (AvgIpc) is 3.11. The highest BCUT2D eigenvalue weighted by atomic mass is 32.1. The van der Waals surface area contributed by atoms with E-state index in [0.29, 0.717) is 25.6 Å². The average molecular weight is 429 g/mol. The maximum absolute atomic E-state index is 13.4. The van der Waals surface area contributed by atoms with E-state index in [1.165, 1.54) is 4.88 Å². The summed E-state index contributed by atoms with van der Waals surface area (Å²) in [5.74, 6) is 0.375. The van der Waals surface area contributed by atoms with Gasteiger partial charge in [-0.05, 0) is 30.5 Å². The van der Waals surface area contributed by atoms with Gasteiger partial charge in [0.15, 0.2) is 0 Å². The molecule has 164 valence electrons. The van der Waals surface area contributed by atoms with E-state index in [9.17, 15) is 9.59 Å². The molecule has 0 saturated heterocycles. The number of rotatable bonds is 9. The molecule has 0 bridgehead atoms. The number of nitrogens with zero attached hydrogens (tertiary/aromatic N) is 2. The molecular weight excluding hydrogens is 392 g/mol. The normalized spacial score (nSPS) is 12.5. The highest BCUT2D eigenvalue weighted by Crippen LogP contribution is 2.21. The molecule has 1 unspecified atom stereocenters. The zero-order valence-corrected chi connectivity index (χ0v) is 20.1. The highest BCUT2D eigenvalue weighted by molar-refractivity contribution is 7.11. The number of carbonyl (C=O) groups excluding carboxylic acids is 2. The van der Waals surface area contributed by atoms with Crippen molar-refractivity contribution in [2.24, 2.45) is 11.3 Å². The van der Waals surface area contributed by atoms with Crippen molar-refractivity contribution in [3.63, 3.8) is 0 Å². The molecule has 1 aromatic carbocycles. The van der Waals surface area contributed by atoms with Gasteiger partial charge in [0.05, 0.1) is 13.1 Å². The van der Waals surface area contributed by atoms with Crippen LogP contribution in [0.25, 0.3) is 0 Å². The summed E-state index contributed by atoms with van der Waals surface area (Å²) in [6.45, 7) is 13.9. The summed E-state index contributed by atoms with van der Waals surface area (Å²) in [4.78, 5) is 32.5. The van der Waals surface area contributed by atoms with E-state index in [4.69, 9.17) is 0 Å². The molecule has 5 heteroatoms. The zero-order valence-electron chi connectivity index (χ0n) is 19.3. The molecule has 1 heterocycles. The summed E-state index contributed by atoms with van der Waals surface area (Å²) in [5.41, 5.74) is 0.581. The third kappa shape index (κ3) is 7.28. The lowest BCUT2D eigenvalue weighted by Crippen LogP contribution is -2.47. The van der Waals surface area contributed by atoms with E-state index in [-0.39, 0.29) is 18.4 Å². The predicted molar refractivity (Wildman–Crippen MR) is 125 cm³/mol. The van der Waals surface area contributed by atoms with E-state index in [2.05, 4.69) is 32.9 Å². The summed E-state index contributed by atoms with van der Waals surface area (Å²) in [5, 5.41) is 0. The first-order valence-electron chi connectivity index (χ1n) is 10.8. The van der Waals surface area contributed by atoms with Crippen LogP contribution in [0.3, 0.4) is 0 Å². The Bertz CT molecular complexity index is 823. The molecule has 2 rings (SSSR count). The summed E-state index contributed by atoms with van der Waals surface area (Å²) in [7, 11) is 0. The summed E-state index contributed by atoms with van der Waals surface area (Å²) in [6.07, 6.45) is 0.977. The van der Waals surface area contributed by atoms with Crippen molar-refractivity contribution in [3.8, 4) is 0 Å². The molecule has 4 nitrogen and oxygen atoms in total. The van der Waals surface area contributed by atoms with Gasteiger partial charge in [0.25, 0.3) is 0 Å². The standard InChI is InChI=1S/C25H36N2O2S/c1-7-19(2)15-27(24(29)25(4,5)6)18-23(28)26(16-21-11-9-8-10-12-21)17-22-14-13-20(3)30-22/h8-14,19H,7,15-18H2,1-6H3. The molecule has 0 N–H and O–H groups in total. The summed E-state index contributed by atoms with van der Waals surface area (Å²) in [6, 6.07) is 14.2. The molecule has 30 heavy (non-hydrogen) atoms. The molecule has 0 spiro atoms. The van der Waals surface area contributed by atoms with Crippen molar-refractivity contribution >= 4 is 23.2 Å². The van der Waals surface area contributed by atoms with Crippen LogP contribution in [-0.4, -0.2) is 34.7 Å². The van der Waals surface area contributed by atoms with Crippen LogP contribution in [0.2, 0.25) is 0 Å². The number of hydrogen-bond acceptors (Lipinski definition) is 3. The van der Waals surface area contributed by atoms with Crippen molar-refractivity contribution in [2.45, 2.75) is 61.1 Å². The Labute approximate surface area is 185 Å². The van der Waals surface area contributed by atoms with Gasteiger partial charge < -0.3 is 9.80 Å². The van der Waals surface area contributed by atoms with E-state index < -0.39 is 5.41 Å². The Balaban J connectivity index is 2.23. The third-order valence-corrected chi connectivity index (χ3v) is 6.18. The maximum atomic E-state index is 13.4. The van der Waals surface area contributed by atoms with Crippen molar-refractivity contribution in [1.29, 1.82) is 0 Å². The van der Waals surface area contributed by atoms with E-state index in [1.54, 1.807) is 16.2 Å². The molecular formula is C25H36N2O2S. The summed E-state index contributed by atoms with van der Waals surface area (Å²) < 4.78 is 0. The van der Waals surface area contributed by atoms with Crippen molar-refractivity contribution in [3.05, 3.63) is 57.8 Å². The Morgan fingerprint density at radius 2 is 1.67 bits per heavy atom. The predicted octanol–water partition coefficient (Wildman–Crippen LogP) is 5.51. The number of hydrogen-bond donors (Lipinski definition) is 0. The second-order valence-electron chi connectivity index (χ2n) is 9.20. The maximum Gasteiger partial charge on any atom is 0.242 e. The molecule has 0 aliphatic heterocycles. The molecule has 0 saturated carbocycles. The van der Waals surface area contributed by atoms with E-state index in [0.717, 1.165) is 16.9 Å². The number of amides is 2. The minimum absolute atomic E-state index is 0.00851. The van der Waals surface area contributed by atoms with Crippen LogP contribution < -0.4 is 0 Å². The SMILES string of the molecule is CCC(C)CN(CC(=O)N(Cc1ccccc1)Cc1ccc(C)s1)C(=O)C(C)(C)C. The van der Waals surface area contributed by atoms with Crippen LogP contribution >= 0.6 is 11.3 Å². The van der Waals surface area contributed by atoms with Gasteiger partial charge in [0, 0.05) is 28.3 Å². The molecule has 2 amide bonds. The molecule has 0 aliphatic rings. The lowest BCUT2D eigenvalue weighted by Gasteiger charge is -2.33. The lowest BCUT2D eigenvalue weighted by molar-refractivity contribution is -0.146. The van der Waals surface area contributed by atoms with Gasteiger partial charge in [0.2, 0.25) is 11.8 Å². The van der Waals surface area contributed by atoms with Crippen molar-refractivity contribution in [2.75, 3.05) is 13.1 Å². The first kappa shape index (κ1) is 24.1. The molecule has 0 fully saturated rings. The number of thiophene rings is 1. The fourth-order valence-electron chi connectivity index (χ4n) is 3.26. The van der Waals surface area contributed by atoms with Crippen LogP contribution in [0.4, 0.5) is 0 Å². The van der Waals surface area contributed by atoms with Gasteiger partial charge in [-0.15, -0.1) is 11.3 Å². The topological polar surface area (TPSA) is 40.6 Å². The Hall–Kier alpha value is -2.14. The fraction of sp³-hybridized carbons (Fsp3) is 0.520. The van der Waals surface area contributed by atoms with Crippen LogP contribution in [-0.2, 0) is 22.7 Å². The van der Waals surface area contributed by atoms with E-state index >= 15 is 0 Å². The monoisotopic (exact) mass is 428 g/mol. The second-order valence-corrected chi connectivity index (χ2v) is 10.6. The number of aryl methyl sites for hydroxylation is 1. The van der Waals surface area contributed by atoms with Gasteiger partial charge >= 0.3 is 0 Å². The largest absolute Gasteiger partial charge is 0.333 e. The van der Waals surface area contributed by atoms with Gasteiger partial charge in [-0.1, -0.05) is 71.4 Å². The van der Waals surface area contributed by atoms with Crippen LogP contribution in [0.5, 0.6) is 0 Å². The minimum atomic E-state index is -0.511. The smallest absolute Gasteiger partial charge is 0.242 e. The van der Waals surface area contributed by atoms with Gasteiger partial charge in [-0.2, -0.15) is 0 Å². The van der Waals surface area contributed by atoms with Gasteiger partial charge in [0.1, 0.15) is 0 Å². The van der Waals surface area contributed by atoms with Crippen molar-refractivity contribution < 1.29 is 9.59 Å². The third-order valence-electron chi connectivity index (χ3n) is 5.20. The number of carbonyl (C=O) groups is 2. The van der Waals surface area contributed by atoms with Crippen LogP contribution in [0.1, 0.15) is 56.4 Å². The van der Waals surface area contributed by atoms with Gasteiger partial charge in [-0.25, -0.2) is 0 Å². The Morgan fingerprint density at radius 1 is 1.00 bits per heavy atom. The highest BCUT2D eigenvalue weighted by Gasteiger charge is 2.30. The first-order chi connectivity index (χ1) is 14.1. The fourth-order valence-corrected chi connectivity index (χ4v) is 4.16. The zero-order chi connectivity index (χ0) is 22.3. The molecule has 2 aromatic rings. The Kier molecular flexibility index (Phi) is 8.65. The number of benzene rings is 1. The minimum Gasteiger partial charge on any atom is -0.333 e. The molecule has 0 aliphatic carbocycles. The molecule has 0 radical (unpaired) electrons. The van der Waals surface area contributed by atoms with E-state index in [1.807, 2.05) is 56.0 Å². The van der Waals surface area contributed by atoms with Crippen LogP contribution in [0, 0.1) is 18.3 Å². The Morgan fingerprint density at radius 3 is 2.20 bits per heavy atom. The van der Waals surface area contributed by atoms with Crippen LogP contribution in [0.15, 0.2) is 42.5 Å². The molecule has 1 aromatic heterocycles. The second kappa shape index (κ2) is 10.8. The molecule has 1 atom stereocenters. The van der Waals surface area contributed by atoms with Gasteiger partial charge in [-0.3, -0.25) is 9.59 Å².